The van der Waals surface area contributed by atoms with E-state index in [1.54, 1.807) is 7.11 Å². The second kappa shape index (κ2) is 3.33. The molecule has 1 aliphatic heterocycles. The number of hydrogen-bond donors (Lipinski definition) is 1. The number of benzene rings is 1. The zero-order chi connectivity index (χ0) is 8.39. The van der Waals surface area contributed by atoms with Crippen LogP contribution in [0, 0.1) is 5.94 Å². The van der Waals surface area contributed by atoms with Crippen molar-refractivity contribution in [1.82, 2.24) is 0 Å². The van der Waals surface area contributed by atoms with E-state index < -0.39 is 0 Å². The Hall–Kier alpha value is -0.730. The van der Waals surface area contributed by atoms with Gasteiger partial charge in [-0.15, -0.1) is 0 Å². The molecule has 2 heteroatoms. The molecule has 0 amide bonds. The molecule has 0 aromatic heterocycles. The third kappa shape index (κ3) is 1.28. The Bertz CT molecular complexity index is 306. The third-order valence-corrected chi connectivity index (χ3v) is 3.72. The van der Waals surface area contributed by atoms with Crippen molar-refractivity contribution in [2.45, 2.75) is 4.90 Å². The molecular weight excluding hydrogens is 168 g/mol. The molecule has 1 aliphatic rings. The smallest absolute Gasteiger partial charge is 0.126 e. The topological polar surface area (TPSA) is 9.23 Å². The van der Waals surface area contributed by atoms with Gasteiger partial charge in [0.15, 0.2) is 0 Å². The predicted octanol–water partition coefficient (Wildman–Crippen LogP) is 2.80. The molecule has 1 aromatic rings. The molecule has 1 nitrogen and oxygen atoms in total. The summed E-state index contributed by atoms with van der Waals surface area (Å²) in [5, 5.41) is 2.21. The van der Waals surface area contributed by atoms with Crippen LogP contribution in [0.15, 0.2) is 34.6 Å². The van der Waals surface area contributed by atoms with Gasteiger partial charge >= 0.3 is 0 Å². The van der Waals surface area contributed by atoms with Crippen molar-refractivity contribution >= 4 is 17.0 Å². The minimum absolute atomic E-state index is 0.289. The molecule has 1 aromatic carbocycles. The summed E-state index contributed by atoms with van der Waals surface area (Å²) in [6, 6.07) is 8.44. The van der Waals surface area contributed by atoms with Crippen LogP contribution in [0.1, 0.15) is 5.56 Å². The number of ether oxygens (including phenoxy) is 1. The third-order valence-electron chi connectivity index (χ3n) is 1.85. The fourth-order valence-corrected chi connectivity index (χ4v) is 2.91. The van der Waals surface area contributed by atoms with Gasteiger partial charge in [-0.25, -0.2) is 0 Å². The molecule has 0 saturated carbocycles. The van der Waals surface area contributed by atoms with Crippen LogP contribution in [0.2, 0.25) is 0 Å². The fraction of sp³-hybridized carbons (Fsp3) is 0.100. The second-order valence-corrected chi connectivity index (χ2v) is 4.43. The Labute approximate surface area is 75.4 Å². The van der Waals surface area contributed by atoms with E-state index in [1.807, 2.05) is 5.94 Å². The monoisotopic (exact) mass is 179 g/mol. The highest BCUT2D eigenvalue weighted by Crippen LogP contribution is 2.47. The molecule has 0 saturated heterocycles. The van der Waals surface area contributed by atoms with Crippen LogP contribution >= 0.6 is 10.9 Å². The molecule has 63 valence electrons. The van der Waals surface area contributed by atoms with Gasteiger partial charge in [0.25, 0.3) is 0 Å². The highest BCUT2D eigenvalue weighted by atomic mass is 32.2. The Kier molecular flexibility index (Phi) is 2.19. The van der Waals surface area contributed by atoms with Gasteiger partial charge in [-0.2, -0.15) is 10.9 Å². The van der Waals surface area contributed by atoms with E-state index in [-0.39, 0.29) is 10.9 Å². The first-order valence-electron chi connectivity index (χ1n) is 3.83. The van der Waals surface area contributed by atoms with Gasteiger partial charge in [0.1, 0.15) is 5.94 Å². The van der Waals surface area contributed by atoms with Crippen LogP contribution in [0.3, 0.4) is 0 Å². The molecule has 0 N–H and O–H groups in total. The van der Waals surface area contributed by atoms with Crippen LogP contribution in [0.5, 0.6) is 0 Å². The molecule has 0 fully saturated rings. The van der Waals surface area contributed by atoms with Crippen molar-refractivity contribution in [3.05, 3.63) is 41.2 Å². The highest BCUT2D eigenvalue weighted by Gasteiger charge is 2.12. The highest BCUT2D eigenvalue weighted by molar-refractivity contribution is 8.21. The maximum Gasteiger partial charge on any atom is 0.126 e. The molecular formula is C10H11OS. The maximum absolute atomic E-state index is 5.04. The SMILES string of the molecule is CO[CH][SH]1C=Cc2ccccc21. The maximum atomic E-state index is 5.04. The minimum Gasteiger partial charge on any atom is -0.368 e. The zero-order valence-electron chi connectivity index (χ0n) is 6.90. The Morgan fingerprint density at radius 3 is 3.00 bits per heavy atom. The Morgan fingerprint density at radius 1 is 1.33 bits per heavy atom. The number of thiol groups is 1. The number of hydrogen-bond acceptors (Lipinski definition) is 1. The van der Waals surface area contributed by atoms with Gasteiger partial charge in [-0.1, -0.05) is 18.2 Å². The first-order valence-corrected chi connectivity index (χ1v) is 5.31. The van der Waals surface area contributed by atoms with E-state index in [0.29, 0.717) is 0 Å². The summed E-state index contributed by atoms with van der Waals surface area (Å²) >= 11 is 0. The second-order valence-electron chi connectivity index (χ2n) is 2.62. The normalized spacial score (nSPS) is 22.6. The average Bonchev–Trinajstić information content (AvgIpc) is 2.50. The molecule has 1 unspecified atom stereocenters. The zero-order valence-corrected chi connectivity index (χ0v) is 7.79. The van der Waals surface area contributed by atoms with E-state index >= 15 is 0 Å². The lowest BCUT2D eigenvalue weighted by molar-refractivity contribution is 0.315. The molecule has 0 spiro atoms. The van der Waals surface area contributed by atoms with Crippen molar-refractivity contribution in [2.75, 3.05) is 7.11 Å². The summed E-state index contributed by atoms with van der Waals surface area (Å²) in [4.78, 5) is 1.40. The van der Waals surface area contributed by atoms with E-state index in [0.717, 1.165) is 0 Å². The fourth-order valence-electron chi connectivity index (χ4n) is 1.31. The summed E-state index contributed by atoms with van der Waals surface area (Å²) in [5.41, 5.74) is 1.33. The molecule has 0 bridgehead atoms. The van der Waals surface area contributed by atoms with Gasteiger partial charge in [0, 0.05) is 12.0 Å². The summed E-state index contributed by atoms with van der Waals surface area (Å²) in [7, 11) is 1.42. The van der Waals surface area contributed by atoms with E-state index in [1.165, 1.54) is 10.5 Å². The average molecular weight is 179 g/mol. The van der Waals surface area contributed by atoms with Crippen LogP contribution in [0.4, 0.5) is 0 Å². The molecule has 12 heavy (non-hydrogen) atoms. The van der Waals surface area contributed by atoms with Crippen molar-refractivity contribution in [3.63, 3.8) is 0 Å². The van der Waals surface area contributed by atoms with E-state index in [2.05, 4.69) is 35.7 Å². The Morgan fingerprint density at radius 2 is 2.17 bits per heavy atom. The predicted molar refractivity (Wildman–Crippen MR) is 54.0 cm³/mol. The standard InChI is InChI=1S/C10H11OS/c1-11-8-12-7-6-9-4-2-3-5-10(9)12/h2-8,12H,1H3. The van der Waals surface area contributed by atoms with Crippen molar-refractivity contribution in [3.8, 4) is 0 Å². The van der Waals surface area contributed by atoms with Crippen molar-refractivity contribution in [2.24, 2.45) is 0 Å². The summed E-state index contributed by atoms with van der Waals surface area (Å²) in [5.74, 6) is 1.91. The van der Waals surface area contributed by atoms with Gasteiger partial charge < -0.3 is 4.74 Å². The lowest BCUT2D eigenvalue weighted by Crippen LogP contribution is -1.81. The molecule has 1 heterocycles. The van der Waals surface area contributed by atoms with Gasteiger partial charge in [-0.3, -0.25) is 0 Å². The number of methoxy groups -OCH3 is 1. The van der Waals surface area contributed by atoms with Crippen molar-refractivity contribution < 1.29 is 4.74 Å². The number of fused-ring (bicyclic) bond motifs is 1. The lowest BCUT2D eigenvalue weighted by Gasteiger charge is -2.12. The Balaban J connectivity index is 2.30. The quantitative estimate of drug-likeness (QED) is 0.687. The molecule has 2 rings (SSSR count). The van der Waals surface area contributed by atoms with Gasteiger partial charge in [0.05, 0.1) is 0 Å². The summed E-state index contributed by atoms with van der Waals surface area (Å²) in [6.45, 7) is 0. The largest absolute Gasteiger partial charge is 0.368 e. The molecule has 0 aliphatic carbocycles. The van der Waals surface area contributed by atoms with E-state index in [9.17, 15) is 0 Å². The van der Waals surface area contributed by atoms with Crippen LogP contribution < -0.4 is 0 Å². The van der Waals surface area contributed by atoms with Gasteiger partial charge in [0.2, 0.25) is 0 Å². The lowest BCUT2D eigenvalue weighted by atomic mass is 10.2. The number of rotatable bonds is 2. The van der Waals surface area contributed by atoms with Crippen LogP contribution in [-0.4, -0.2) is 7.11 Å². The van der Waals surface area contributed by atoms with E-state index in [4.69, 9.17) is 4.74 Å². The van der Waals surface area contributed by atoms with Crippen LogP contribution in [0.25, 0.3) is 6.08 Å². The molecule has 1 atom stereocenters. The first-order chi connectivity index (χ1) is 5.92. The van der Waals surface area contributed by atoms with Crippen LogP contribution in [-0.2, 0) is 4.74 Å². The minimum atomic E-state index is -0.289. The summed E-state index contributed by atoms with van der Waals surface area (Å²) in [6.07, 6.45) is 2.16. The summed E-state index contributed by atoms with van der Waals surface area (Å²) < 4.78 is 5.04. The van der Waals surface area contributed by atoms with Crippen molar-refractivity contribution in [1.29, 1.82) is 0 Å². The first kappa shape index (κ1) is 7.90. The van der Waals surface area contributed by atoms with Gasteiger partial charge in [-0.05, 0) is 23.1 Å². The molecule has 1 radical (unpaired) electrons.